The molecule has 0 radical (unpaired) electrons. The molecule has 0 aliphatic heterocycles. The topological polar surface area (TPSA) is 32.3 Å². The number of aryl methyl sites for hydroxylation is 1. The van der Waals surface area contributed by atoms with Gasteiger partial charge in [0.2, 0.25) is 0 Å². The first kappa shape index (κ1) is 11.8. The SMILES string of the molecule is C[C@H](CO)NC1CCCc2sc(I)cc21. The summed E-state index contributed by atoms with van der Waals surface area (Å²) in [7, 11) is 0. The second kappa shape index (κ2) is 5.12. The van der Waals surface area contributed by atoms with Crippen molar-refractivity contribution in [3.8, 4) is 0 Å². The Morgan fingerprint density at radius 1 is 1.73 bits per heavy atom. The summed E-state index contributed by atoms with van der Waals surface area (Å²) in [5.74, 6) is 0. The van der Waals surface area contributed by atoms with Crippen molar-refractivity contribution in [3.63, 3.8) is 0 Å². The highest BCUT2D eigenvalue weighted by Gasteiger charge is 2.23. The predicted octanol–water partition coefficient (Wildman–Crippen LogP) is 2.70. The normalized spacial score (nSPS) is 22.5. The molecule has 15 heavy (non-hydrogen) atoms. The summed E-state index contributed by atoms with van der Waals surface area (Å²) in [4.78, 5) is 1.54. The van der Waals surface area contributed by atoms with Crippen LogP contribution in [0, 0.1) is 2.88 Å². The van der Waals surface area contributed by atoms with Crippen molar-refractivity contribution >= 4 is 33.9 Å². The first-order valence-electron chi connectivity index (χ1n) is 5.35. The zero-order valence-electron chi connectivity index (χ0n) is 8.79. The number of thiophene rings is 1. The van der Waals surface area contributed by atoms with E-state index in [2.05, 4.69) is 34.0 Å². The van der Waals surface area contributed by atoms with Crippen LogP contribution in [0.1, 0.15) is 36.2 Å². The number of hydrogen-bond acceptors (Lipinski definition) is 3. The Balaban J connectivity index is 2.14. The van der Waals surface area contributed by atoms with E-state index < -0.39 is 0 Å². The van der Waals surface area contributed by atoms with Crippen LogP contribution in [-0.4, -0.2) is 17.8 Å². The highest BCUT2D eigenvalue weighted by atomic mass is 127. The highest BCUT2D eigenvalue weighted by molar-refractivity contribution is 14.1. The molecule has 0 aromatic carbocycles. The number of aliphatic hydroxyl groups is 1. The number of fused-ring (bicyclic) bond motifs is 1. The summed E-state index contributed by atoms with van der Waals surface area (Å²) in [6.45, 7) is 2.25. The molecule has 4 heteroatoms. The molecule has 0 bridgehead atoms. The van der Waals surface area contributed by atoms with Gasteiger partial charge in [0, 0.05) is 17.0 Å². The molecule has 1 aromatic heterocycles. The molecule has 1 aliphatic carbocycles. The monoisotopic (exact) mass is 337 g/mol. The van der Waals surface area contributed by atoms with Crippen LogP contribution in [0.2, 0.25) is 0 Å². The summed E-state index contributed by atoms with van der Waals surface area (Å²) in [5.41, 5.74) is 1.47. The van der Waals surface area contributed by atoms with Crippen molar-refractivity contribution in [2.45, 2.75) is 38.3 Å². The Labute approximate surface area is 108 Å². The Kier molecular flexibility index (Phi) is 4.04. The summed E-state index contributed by atoms with van der Waals surface area (Å²) in [6.07, 6.45) is 3.69. The van der Waals surface area contributed by atoms with Gasteiger partial charge in [0.25, 0.3) is 0 Å². The lowest BCUT2D eigenvalue weighted by Crippen LogP contribution is -2.34. The second-order valence-electron chi connectivity index (χ2n) is 4.12. The molecule has 0 amide bonds. The van der Waals surface area contributed by atoms with Crippen LogP contribution < -0.4 is 5.32 Å². The maximum absolute atomic E-state index is 9.06. The number of hydrogen-bond donors (Lipinski definition) is 2. The minimum Gasteiger partial charge on any atom is -0.395 e. The lowest BCUT2D eigenvalue weighted by molar-refractivity contribution is 0.236. The Hall–Kier alpha value is 0.350. The molecule has 84 valence electrons. The molecule has 1 aromatic rings. The van der Waals surface area contributed by atoms with Crippen molar-refractivity contribution < 1.29 is 5.11 Å². The van der Waals surface area contributed by atoms with E-state index in [-0.39, 0.29) is 12.6 Å². The van der Waals surface area contributed by atoms with Crippen molar-refractivity contribution in [1.82, 2.24) is 5.32 Å². The molecule has 0 spiro atoms. The molecule has 2 atom stereocenters. The van der Waals surface area contributed by atoms with E-state index in [0.29, 0.717) is 6.04 Å². The van der Waals surface area contributed by atoms with E-state index >= 15 is 0 Å². The molecule has 1 heterocycles. The lowest BCUT2D eigenvalue weighted by atomic mass is 9.93. The van der Waals surface area contributed by atoms with Crippen LogP contribution >= 0.6 is 33.9 Å². The van der Waals surface area contributed by atoms with E-state index in [9.17, 15) is 0 Å². The Bertz CT molecular complexity index is 339. The van der Waals surface area contributed by atoms with Crippen molar-refractivity contribution in [2.24, 2.45) is 0 Å². The van der Waals surface area contributed by atoms with E-state index in [4.69, 9.17) is 5.11 Å². The maximum atomic E-state index is 9.06. The van der Waals surface area contributed by atoms with Gasteiger partial charge in [0.1, 0.15) is 0 Å². The fourth-order valence-electron chi connectivity index (χ4n) is 2.09. The standard InChI is InChI=1S/C11H16INOS/c1-7(6-14)13-9-3-2-4-10-8(9)5-11(12)15-10/h5,7,9,13-14H,2-4,6H2,1H3/t7-,9?/m1/s1. The summed E-state index contributed by atoms with van der Waals surface area (Å²) in [5, 5.41) is 12.5. The minimum atomic E-state index is 0.193. The molecule has 1 unspecified atom stereocenters. The van der Waals surface area contributed by atoms with E-state index in [1.165, 1.54) is 32.6 Å². The second-order valence-corrected chi connectivity index (χ2v) is 7.16. The van der Waals surface area contributed by atoms with Gasteiger partial charge in [-0.15, -0.1) is 11.3 Å². The quantitative estimate of drug-likeness (QED) is 0.832. The van der Waals surface area contributed by atoms with Gasteiger partial charge in [-0.25, -0.2) is 0 Å². The van der Waals surface area contributed by atoms with Gasteiger partial charge < -0.3 is 10.4 Å². The van der Waals surface area contributed by atoms with Crippen LogP contribution in [0.25, 0.3) is 0 Å². The Morgan fingerprint density at radius 3 is 3.27 bits per heavy atom. The van der Waals surface area contributed by atoms with E-state index in [1.54, 1.807) is 0 Å². The largest absolute Gasteiger partial charge is 0.395 e. The lowest BCUT2D eigenvalue weighted by Gasteiger charge is -2.26. The number of aliphatic hydroxyl groups excluding tert-OH is 1. The average molecular weight is 337 g/mol. The van der Waals surface area contributed by atoms with Crippen molar-refractivity contribution in [1.29, 1.82) is 0 Å². The van der Waals surface area contributed by atoms with Crippen LogP contribution in [0.15, 0.2) is 6.07 Å². The van der Waals surface area contributed by atoms with E-state index in [1.807, 2.05) is 18.3 Å². The number of nitrogens with one attached hydrogen (secondary N) is 1. The van der Waals surface area contributed by atoms with Crippen LogP contribution in [0.5, 0.6) is 0 Å². The molecule has 0 fully saturated rings. The fraction of sp³-hybridized carbons (Fsp3) is 0.636. The summed E-state index contributed by atoms with van der Waals surface area (Å²) in [6, 6.07) is 2.94. The average Bonchev–Trinajstić information content (AvgIpc) is 2.59. The third kappa shape index (κ3) is 2.72. The number of rotatable bonds is 3. The van der Waals surface area contributed by atoms with Gasteiger partial charge >= 0.3 is 0 Å². The highest BCUT2D eigenvalue weighted by Crippen LogP contribution is 2.36. The van der Waals surface area contributed by atoms with Gasteiger partial charge in [-0.3, -0.25) is 0 Å². The van der Waals surface area contributed by atoms with Crippen molar-refractivity contribution in [2.75, 3.05) is 6.61 Å². The maximum Gasteiger partial charge on any atom is 0.0659 e. The molecule has 2 N–H and O–H groups in total. The third-order valence-corrected chi connectivity index (χ3v) is 4.81. The van der Waals surface area contributed by atoms with Gasteiger partial charge in [-0.2, -0.15) is 0 Å². The van der Waals surface area contributed by atoms with Gasteiger partial charge in [-0.1, -0.05) is 0 Å². The first-order valence-corrected chi connectivity index (χ1v) is 7.25. The van der Waals surface area contributed by atoms with Gasteiger partial charge in [0.05, 0.1) is 9.49 Å². The zero-order valence-corrected chi connectivity index (χ0v) is 11.8. The molecular formula is C11H16INOS. The smallest absolute Gasteiger partial charge is 0.0659 e. The first-order chi connectivity index (χ1) is 7.20. The third-order valence-electron chi connectivity index (χ3n) is 2.84. The number of halogens is 1. The molecule has 2 nitrogen and oxygen atoms in total. The minimum absolute atomic E-state index is 0.193. The zero-order chi connectivity index (χ0) is 10.8. The Morgan fingerprint density at radius 2 is 2.53 bits per heavy atom. The van der Waals surface area contributed by atoms with Gasteiger partial charge in [-0.05, 0) is 60.4 Å². The predicted molar refractivity (Wildman–Crippen MR) is 72.4 cm³/mol. The van der Waals surface area contributed by atoms with Crippen LogP contribution in [-0.2, 0) is 6.42 Å². The van der Waals surface area contributed by atoms with Crippen molar-refractivity contribution in [3.05, 3.63) is 19.4 Å². The fourth-order valence-corrected chi connectivity index (χ4v) is 4.21. The molecule has 2 rings (SSSR count). The van der Waals surface area contributed by atoms with Crippen LogP contribution in [0.3, 0.4) is 0 Å². The molecule has 1 aliphatic rings. The molecular weight excluding hydrogens is 321 g/mol. The van der Waals surface area contributed by atoms with Gasteiger partial charge in [0.15, 0.2) is 0 Å². The summed E-state index contributed by atoms with van der Waals surface area (Å²) < 4.78 is 1.38. The van der Waals surface area contributed by atoms with Crippen LogP contribution in [0.4, 0.5) is 0 Å². The molecule has 0 saturated carbocycles. The summed E-state index contributed by atoms with van der Waals surface area (Å²) >= 11 is 4.31. The molecule has 0 saturated heterocycles. The van der Waals surface area contributed by atoms with E-state index in [0.717, 1.165) is 0 Å².